The van der Waals surface area contributed by atoms with Crippen LogP contribution in [0.3, 0.4) is 0 Å². The van der Waals surface area contributed by atoms with E-state index in [0.717, 1.165) is 4.57 Å². The smallest absolute Gasteiger partial charge is 0.380 e. The van der Waals surface area contributed by atoms with Crippen LogP contribution in [0.2, 0.25) is 0 Å². The Bertz CT molecular complexity index is 911. The van der Waals surface area contributed by atoms with Gasteiger partial charge in [-0.3, -0.25) is 13.9 Å². The summed E-state index contributed by atoms with van der Waals surface area (Å²) in [6, 6.07) is 0. The van der Waals surface area contributed by atoms with Gasteiger partial charge in [0.25, 0.3) is 5.56 Å². The van der Waals surface area contributed by atoms with Crippen molar-refractivity contribution in [2.75, 3.05) is 0 Å². The Labute approximate surface area is 134 Å². The van der Waals surface area contributed by atoms with E-state index in [1.165, 1.54) is 22.5 Å². The van der Waals surface area contributed by atoms with Crippen molar-refractivity contribution in [1.29, 1.82) is 0 Å². The van der Waals surface area contributed by atoms with Crippen molar-refractivity contribution in [3.05, 3.63) is 27.2 Å². The minimum Gasteiger partial charge on any atom is -0.380 e. The summed E-state index contributed by atoms with van der Waals surface area (Å²) in [6.45, 7) is -0.162. The Morgan fingerprint density at radius 3 is 2.62 bits per heavy atom. The van der Waals surface area contributed by atoms with Crippen LogP contribution in [-0.2, 0) is 20.6 Å². The van der Waals surface area contributed by atoms with Gasteiger partial charge in [0, 0.05) is 20.6 Å². The van der Waals surface area contributed by atoms with Crippen LogP contribution in [-0.4, -0.2) is 35.6 Å². The van der Waals surface area contributed by atoms with Crippen molar-refractivity contribution >= 4 is 11.2 Å². The van der Waals surface area contributed by atoms with Gasteiger partial charge >= 0.3 is 11.9 Å². The number of hydrogen-bond acceptors (Lipinski definition) is 4. The Hall–Kier alpha value is -2.10. The molecule has 0 bridgehead atoms. The predicted octanol–water partition coefficient (Wildman–Crippen LogP) is 0.527. The number of fused-ring (bicyclic) bond motifs is 1. The molecule has 2 atom stereocenters. The fourth-order valence-electron chi connectivity index (χ4n) is 3.35. The summed E-state index contributed by atoms with van der Waals surface area (Å²) in [4.78, 5) is 28.9. The summed E-state index contributed by atoms with van der Waals surface area (Å²) in [6.07, 6.45) is -4.17. The van der Waals surface area contributed by atoms with Crippen molar-refractivity contribution in [3.63, 3.8) is 0 Å². The van der Waals surface area contributed by atoms with Crippen molar-refractivity contribution < 1.29 is 18.3 Å². The number of nitrogens with zero attached hydrogens (tertiary/aromatic N) is 4. The van der Waals surface area contributed by atoms with Crippen molar-refractivity contribution in [3.8, 4) is 0 Å². The molecule has 3 rings (SSSR count). The summed E-state index contributed by atoms with van der Waals surface area (Å²) >= 11 is 0. The molecule has 1 saturated carbocycles. The lowest BCUT2D eigenvalue weighted by molar-refractivity contribution is -0.258. The normalized spacial score (nSPS) is 24.8. The first-order valence-corrected chi connectivity index (χ1v) is 7.45. The fraction of sp³-hybridized carbons (Fsp3) is 0.643. The zero-order chi connectivity index (χ0) is 17.9. The second kappa shape index (κ2) is 5.20. The monoisotopic (exact) mass is 346 g/mol. The van der Waals surface area contributed by atoms with Crippen LogP contribution in [0, 0.1) is 5.92 Å². The van der Waals surface area contributed by atoms with Gasteiger partial charge in [0.2, 0.25) is 0 Å². The molecule has 7 nitrogen and oxygen atoms in total. The highest BCUT2D eigenvalue weighted by atomic mass is 19.4. The molecule has 1 fully saturated rings. The zero-order valence-electron chi connectivity index (χ0n) is 13.2. The topological polar surface area (TPSA) is 82.1 Å². The number of hydrogen-bond donors (Lipinski definition) is 1. The van der Waals surface area contributed by atoms with Gasteiger partial charge in [-0.25, -0.2) is 9.78 Å². The van der Waals surface area contributed by atoms with Gasteiger partial charge in [0.05, 0.1) is 6.33 Å². The molecule has 2 heterocycles. The summed E-state index contributed by atoms with van der Waals surface area (Å²) in [5.74, 6) is -0.604. The first kappa shape index (κ1) is 16.7. The Morgan fingerprint density at radius 2 is 2.04 bits per heavy atom. The van der Waals surface area contributed by atoms with Crippen molar-refractivity contribution in [1.82, 2.24) is 18.7 Å². The van der Waals surface area contributed by atoms with E-state index in [0.29, 0.717) is 0 Å². The van der Waals surface area contributed by atoms with Crippen LogP contribution < -0.4 is 11.2 Å². The maximum atomic E-state index is 12.9. The fourth-order valence-corrected chi connectivity index (χ4v) is 3.35. The van der Waals surface area contributed by atoms with Gasteiger partial charge < -0.3 is 9.67 Å². The molecule has 1 aliphatic rings. The predicted molar refractivity (Wildman–Crippen MR) is 78.6 cm³/mol. The molecule has 2 unspecified atom stereocenters. The number of alkyl halides is 3. The second-order valence-electron chi connectivity index (χ2n) is 6.42. The number of halogens is 3. The van der Waals surface area contributed by atoms with Crippen LogP contribution in [0.15, 0.2) is 15.9 Å². The van der Waals surface area contributed by atoms with E-state index < -0.39 is 41.8 Å². The number of aliphatic hydroxyl groups is 1. The summed E-state index contributed by atoms with van der Waals surface area (Å²) in [5.41, 5.74) is -3.53. The molecule has 1 aliphatic carbocycles. The van der Waals surface area contributed by atoms with Crippen LogP contribution in [0.25, 0.3) is 11.2 Å². The number of imidazole rings is 1. The van der Waals surface area contributed by atoms with Crippen LogP contribution >= 0.6 is 0 Å². The number of aryl methyl sites for hydroxylation is 2. The first-order chi connectivity index (χ1) is 11.0. The molecule has 10 heteroatoms. The highest BCUT2D eigenvalue weighted by molar-refractivity contribution is 5.69. The molecule has 1 N–H and O–H groups in total. The van der Waals surface area contributed by atoms with Crippen LogP contribution in [0.4, 0.5) is 13.2 Å². The molecule has 0 radical (unpaired) electrons. The molecular formula is C14H17F3N4O3. The van der Waals surface area contributed by atoms with E-state index in [1.807, 2.05) is 0 Å². The molecule has 0 aliphatic heterocycles. The van der Waals surface area contributed by atoms with Gasteiger partial charge in [-0.15, -0.1) is 0 Å². The quantitative estimate of drug-likeness (QED) is 0.860. The first-order valence-electron chi connectivity index (χ1n) is 7.45. The van der Waals surface area contributed by atoms with E-state index in [9.17, 15) is 27.9 Å². The summed E-state index contributed by atoms with van der Waals surface area (Å²) in [5, 5.41) is 9.74. The zero-order valence-corrected chi connectivity index (χ0v) is 13.2. The maximum Gasteiger partial charge on any atom is 0.417 e. The molecule has 0 spiro atoms. The number of aromatic nitrogens is 4. The maximum absolute atomic E-state index is 12.9. The summed E-state index contributed by atoms with van der Waals surface area (Å²) in [7, 11) is 3.05. The van der Waals surface area contributed by atoms with Gasteiger partial charge in [-0.05, 0) is 25.2 Å². The van der Waals surface area contributed by atoms with E-state index >= 15 is 0 Å². The summed E-state index contributed by atoms with van der Waals surface area (Å²) < 4.78 is 42.3. The minimum absolute atomic E-state index is 0.0923. The van der Waals surface area contributed by atoms with E-state index in [-0.39, 0.29) is 24.1 Å². The molecular weight excluding hydrogens is 329 g/mol. The van der Waals surface area contributed by atoms with Crippen LogP contribution in [0.5, 0.6) is 0 Å². The SMILES string of the molecule is Cn1cnc2c1c(=O)n(CC1CCC(O)(C(F)(F)F)C1)c(=O)n2C. The van der Waals surface area contributed by atoms with Gasteiger partial charge in [-0.2, -0.15) is 13.2 Å². The Balaban J connectivity index is 1.99. The second-order valence-corrected chi connectivity index (χ2v) is 6.42. The van der Waals surface area contributed by atoms with Gasteiger partial charge in [0.15, 0.2) is 16.8 Å². The van der Waals surface area contributed by atoms with Gasteiger partial charge in [0.1, 0.15) is 0 Å². The molecule has 0 aromatic carbocycles. The highest BCUT2D eigenvalue weighted by Gasteiger charge is 2.57. The third-order valence-electron chi connectivity index (χ3n) is 4.76. The van der Waals surface area contributed by atoms with Crippen molar-refractivity contribution in [2.45, 2.75) is 37.6 Å². The Kier molecular flexibility index (Phi) is 3.63. The van der Waals surface area contributed by atoms with E-state index in [1.54, 1.807) is 7.05 Å². The van der Waals surface area contributed by atoms with E-state index in [2.05, 4.69) is 4.98 Å². The van der Waals surface area contributed by atoms with Crippen molar-refractivity contribution in [2.24, 2.45) is 20.0 Å². The molecule has 0 saturated heterocycles. The Morgan fingerprint density at radius 1 is 1.38 bits per heavy atom. The average Bonchev–Trinajstić information content (AvgIpc) is 3.05. The molecule has 0 amide bonds. The van der Waals surface area contributed by atoms with E-state index in [4.69, 9.17) is 0 Å². The molecule has 2 aromatic heterocycles. The van der Waals surface area contributed by atoms with Crippen LogP contribution in [0.1, 0.15) is 19.3 Å². The average molecular weight is 346 g/mol. The minimum atomic E-state index is -4.72. The lowest BCUT2D eigenvalue weighted by Gasteiger charge is -2.25. The lowest BCUT2D eigenvalue weighted by atomic mass is 9.99. The highest BCUT2D eigenvalue weighted by Crippen LogP contribution is 2.45. The van der Waals surface area contributed by atoms with Gasteiger partial charge in [-0.1, -0.05) is 0 Å². The molecule has 24 heavy (non-hydrogen) atoms. The molecule has 132 valence electrons. The lowest BCUT2D eigenvalue weighted by Crippen LogP contribution is -2.44. The largest absolute Gasteiger partial charge is 0.417 e. The number of rotatable bonds is 2. The third-order valence-corrected chi connectivity index (χ3v) is 4.76. The molecule has 2 aromatic rings. The standard InChI is InChI=1S/C14H17F3N4O3/c1-19-7-18-10-9(19)11(22)21(12(23)20(10)2)6-8-3-4-13(24,5-8)14(15,16)17/h7-8,24H,3-6H2,1-2H3. The third kappa shape index (κ3) is 2.36.